The minimum atomic E-state index is -3.65. The van der Waals surface area contributed by atoms with E-state index in [2.05, 4.69) is 21.5 Å². The molecule has 1 aliphatic heterocycles. The Morgan fingerprint density at radius 3 is 3.10 bits per heavy atom. The maximum atomic E-state index is 12.1. The first-order valence-corrected chi connectivity index (χ1v) is 8.04. The van der Waals surface area contributed by atoms with Gasteiger partial charge in [0.15, 0.2) is 0 Å². The van der Waals surface area contributed by atoms with Crippen LogP contribution in [0.15, 0.2) is 23.4 Å². The average molecular weight is 300 g/mol. The number of nitrogens with one attached hydrogen (secondary N) is 1. The van der Waals surface area contributed by atoms with Crippen LogP contribution < -0.4 is 10.5 Å². The lowest BCUT2D eigenvalue weighted by molar-refractivity contribution is -0.0229. The topological polar surface area (TPSA) is 97.5 Å². The van der Waals surface area contributed by atoms with Crippen LogP contribution in [0.1, 0.15) is 6.92 Å². The molecule has 1 aromatic rings. The van der Waals surface area contributed by atoms with E-state index in [1.54, 1.807) is 0 Å². The van der Waals surface area contributed by atoms with Crippen LogP contribution in [0.25, 0.3) is 0 Å². The number of hydrogen-bond acceptors (Lipinski definition) is 6. The molecule has 2 rings (SSSR count). The van der Waals surface area contributed by atoms with Crippen molar-refractivity contribution in [3.63, 3.8) is 0 Å². The normalized spacial score (nSPS) is 20.9. The summed E-state index contributed by atoms with van der Waals surface area (Å²) < 4.78 is 32.4. The van der Waals surface area contributed by atoms with E-state index >= 15 is 0 Å². The van der Waals surface area contributed by atoms with E-state index in [4.69, 9.17) is 10.5 Å². The van der Waals surface area contributed by atoms with E-state index in [-0.39, 0.29) is 23.2 Å². The minimum Gasteiger partial charge on any atom is -0.398 e. The van der Waals surface area contributed by atoms with Crippen molar-refractivity contribution in [1.29, 1.82) is 0 Å². The molecule has 2 heterocycles. The molecule has 0 radical (unpaired) electrons. The quantitative estimate of drug-likeness (QED) is 0.772. The van der Waals surface area contributed by atoms with Crippen LogP contribution in [0.5, 0.6) is 0 Å². The molecule has 0 bridgehead atoms. The Morgan fingerprint density at radius 2 is 2.40 bits per heavy atom. The second kappa shape index (κ2) is 6.49. The maximum absolute atomic E-state index is 12.1. The second-order valence-corrected chi connectivity index (χ2v) is 6.39. The van der Waals surface area contributed by atoms with Crippen LogP contribution in [-0.4, -0.2) is 57.2 Å². The van der Waals surface area contributed by atoms with Gasteiger partial charge in [-0.3, -0.25) is 9.88 Å². The van der Waals surface area contributed by atoms with Gasteiger partial charge in [-0.2, -0.15) is 0 Å². The fourth-order valence-electron chi connectivity index (χ4n) is 2.09. The standard InChI is InChI=1S/C12H20N4O3S/c1-2-16-5-6-19-10(9-16)7-15-20(17,18)12-8-14-4-3-11(12)13/h3-4,8,10,15H,2,5-7,9H2,1H3,(H2,13,14). The van der Waals surface area contributed by atoms with Crippen LogP contribution >= 0.6 is 0 Å². The average Bonchev–Trinajstić information content (AvgIpc) is 2.46. The minimum absolute atomic E-state index is 0.00292. The molecule has 1 aromatic heterocycles. The largest absolute Gasteiger partial charge is 0.398 e. The molecule has 1 aliphatic rings. The number of nitrogens with two attached hydrogens (primary N) is 1. The van der Waals surface area contributed by atoms with Gasteiger partial charge in [-0.1, -0.05) is 6.92 Å². The Hall–Kier alpha value is -1.22. The summed E-state index contributed by atoms with van der Waals surface area (Å²) in [7, 11) is -3.65. The van der Waals surface area contributed by atoms with Crippen molar-refractivity contribution in [2.75, 3.05) is 38.5 Å². The van der Waals surface area contributed by atoms with Gasteiger partial charge in [-0.05, 0) is 12.6 Å². The van der Waals surface area contributed by atoms with Crippen molar-refractivity contribution < 1.29 is 13.2 Å². The Bertz CT molecular complexity index is 549. The van der Waals surface area contributed by atoms with Gasteiger partial charge in [0, 0.05) is 32.0 Å². The van der Waals surface area contributed by atoms with E-state index in [0.29, 0.717) is 6.61 Å². The molecule has 3 N–H and O–H groups in total. The van der Waals surface area contributed by atoms with Gasteiger partial charge >= 0.3 is 0 Å². The molecule has 1 atom stereocenters. The molecular weight excluding hydrogens is 280 g/mol. The summed E-state index contributed by atoms with van der Waals surface area (Å²) in [4.78, 5) is 6.02. The van der Waals surface area contributed by atoms with Crippen molar-refractivity contribution in [1.82, 2.24) is 14.6 Å². The number of likely N-dealkylation sites (N-methyl/N-ethyl adjacent to an activating group) is 1. The summed E-state index contributed by atoms with van der Waals surface area (Å²) in [6, 6.07) is 1.46. The summed E-state index contributed by atoms with van der Waals surface area (Å²) in [5, 5.41) is 0. The van der Waals surface area contributed by atoms with Gasteiger partial charge in [0.05, 0.1) is 18.4 Å². The smallest absolute Gasteiger partial charge is 0.244 e. The number of sulfonamides is 1. The van der Waals surface area contributed by atoms with Crippen LogP contribution in [0.4, 0.5) is 5.69 Å². The summed E-state index contributed by atoms with van der Waals surface area (Å²) >= 11 is 0. The zero-order valence-electron chi connectivity index (χ0n) is 11.4. The Kier molecular flexibility index (Phi) is 4.92. The third-order valence-corrected chi connectivity index (χ3v) is 4.74. The molecule has 1 fully saturated rings. The lowest BCUT2D eigenvalue weighted by Crippen LogP contribution is -2.47. The molecule has 1 saturated heterocycles. The first-order valence-electron chi connectivity index (χ1n) is 6.56. The molecule has 1 unspecified atom stereocenters. The number of anilines is 1. The maximum Gasteiger partial charge on any atom is 0.244 e. The lowest BCUT2D eigenvalue weighted by atomic mass is 10.3. The number of aromatic nitrogens is 1. The predicted molar refractivity (Wildman–Crippen MR) is 75.7 cm³/mol. The molecule has 0 amide bonds. The van der Waals surface area contributed by atoms with Crippen LogP contribution in [0.2, 0.25) is 0 Å². The second-order valence-electron chi connectivity index (χ2n) is 4.65. The Morgan fingerprint density at radius 1 is 1.60 bits per heavy atom. The van der Waals surface area contributed by atoms with Crippen molar-refractivity contribution in [3.8, 4) is 0 Å². The number of morpholine rings is 1. The molecule has 0 saturated carbocycles. The predicted octanol–water partition coefficient (Wildman–Crippen LogP) is -0.337. The van der Waals surface area contributed by atoms with Crippen LogP contribution in [0, 0.1) is 0 Å². The highest BCUT2D eigenvalue weighted by molar-refractivity contribution is 7.89. The summed E-state index contributed by atoms with van der Waals surface area (Å²) in [5.41, 5.74) is 5.85. The van der Waals surface area contributed by atoms with E-state index in [0.717, 1.165) is 19.6 Å². The van der Waals surface area contributed by atoms with Gasteiger partial charge < -0.3 is 10.5 Å². The molecule has 8 heteroatoms. The summed E-state index contributed by atoms with van der Waals surface area (Å²) in [5.74, 6) is 0. The SMILES string of the molecule is CCN1CCOC(CNS(=O)(=O)c2cnccc2N)C1. The zero-order valence-corrected chi connectivity index (χ0v) is 12.3. The van der Waals surface area contributed by atoms with Crippen molar-refractivity contribution in [2.45, 2.75) is 17.9 Å². The number of rotatable bonds is 5. The highest BCUT2D eigenvalue weighted by Gasteiger charge is 2.23. The monoisotopic (exact) mass is 300 g/mol. The Balaban J connectivity index is 1.98. The molecule has 20 heavy (non-hydrogen) atoms. The molecule has 112 valence electrons. The number of pyridine rings is 1. The van der Waals surface area contributed by atoms with Crippen molar-refractivity contribution in [3.05, 3.63) is 18.5 Å². The number of ether oxygens (including phenoxy) is 1. The van der Waals surface area contributed by atoms with Gasteiger partial charge in [-0.25, -0.2) is 13.1 Å². The summed E-state index contributed by atoms with van der Waals surface area (Å²) in [6.07, 6.45) is 2.56. The molecule has 7 nitrogen and oxygen atoms in total. The third-order valence-electron chi connectivity index (χ3n) is 3.28. The van der Waals surface area contributed by atoms with E-state index in [1.165, 1.54) is 18.5 Å². The third kappa shape index (κ3) is 3.66. The fourth-order valence-corrected chi connectivity index (χ4v) is 3.23. The van der Waals surface area contributed by atoms with Crippen LogP contribution in [-0.2, 0) is 14.8 Å². The van der Waals surface area contributed by atoms with E-state index in [9.17, 15) is 8.42 Å². The van der Waals surface area contributed by atoms with Crippen molar-refractivity contribution in [2.24, 2.45) is 0 Å². The lowest BCUT2D eigenvalue weighted by Gasteiger charge is -2.32. The molecular formula is C12H20N4O3S. The number of nitrogen functional groups attached to an aromatic ring is 1. The highest BCUT2D eigenvalue weighted by atomic mass is 32.2. The zero-order chi connectivity index (χ0) is 14.6. The van der Waals surface area contributed by atoms with E-state index < -0.39 is 10.0 Å². The van der Waals surface area contributed by atoms with Crippen LogP contribution in [0.3, 0.4) is 0 Å². The molecule has 0 aromatic carbocycles. The molecule has 0 spiro atoms. The number of nitrogens with zero attached hydrogens (tertiary/aromatic N) is 2. The Labute approximate surface area is 119 Å². The fraction of sp³-hybridized carbons (Fsp3) is 0.583. The first kappa shape index (κ1) is 15.2. The summed E-state index contributed by atoms with van der Waals surface area (Å²) in [6.45, 7) is 5.46. The van der Waals surface area contributed by atoms with Crippen molar-refractivity contribution >= 4 is 15.7 Å². The van der Waals surface area contributed by atoms with Gasteiger partial charge in [-0.15, -0.1) is 0 Å². The molecule has 0 aliphatic carbocycles. The van der Waals surface area contributed by atoms with Gasteiger partial charge in [0.2, 0.25) is 10.0 Å². The number of hydrogen-bond donors (Lipinski definition) is 2. The highest BCUT2D eigenvalue weighted by Crippen LogP contribution is 2.15. The van der Waals surface area contributed by atoms with Gasteiger partial charge in [0.1, 0.15) is 4.90 Å². The van der Waals surface area contributed by atoms with E-state index in [1.807, 2.05) is 0 Å². The first-order chi connectivity index (χ1) is 9.53. The van der Waals surface area contributed by atoms with Gasteiger partial charge in [0.25, 0.3) is 0 Å².